The predicted molar refractivity (Wildman–Crippen MR) is 194 cm³/mol. The molecule has 0 saturated heterocycles. The summed E-state index contributed by atoms with van der Waals surface area (Å²) in [4.78, 5) is 0. The maximum absolute atomic E-state index is 6.54. The molecule has 0 N–H and O–H groups in total. The lowest BCUT2D eigenvalue weighted by Crippen LogP contribution is -1.92. The third-order valence-corrected chi connectivity index (χ3v) is 9.40. The number of para-hydroxylation sites is 3. The Kier molecular flexibility index (Phi) is 5.57. The molecular weight excluding hydrogens is 574 g/mol. The Morgan fingerprint density at radius 2 is 0.957 bits per heavy atom. The Hall–Kier alpha value is -6.32. The van der Waals surface area contributed by atoms with E-state index in [4.69, 9.17) is 8.83 Å². The van der Waals surface area contributed by atoms with Gasteiger partial charge >= 0.3 is 0 Å². The summed E-state index contributed by atoms with van der Waals surface area (Å²) in [5, 5.41) is 4.46. The molecule has 3 aromatic heterocycles. The molecule has 0 fully saturated rings. The molecule has 3 nitrogen and oxygen atoms in total. The maximum atomic E-state index is 6.54. The normalized spacial score (nSPS) is 11.8. The number of nitrogens with zero attached hydrogens (tertiary/aromatic N) is 1. The molecule has 10 aromatic rings. The van der Waals surface area contributed by atoms with Crippen LogP contribution in [0, 0.1) is 0 Å². The largest absolute Gasteiger partial charge is 0.455 e. The van der Waals surface area contributed by atoms with Gasteiger partial charge in [-0.25, -0.2) is 0 Å². The third kappa shape index (κ3) is 4.00. The van der Waals surface area contributed by atoms with Crippen LogP contribution in [0.25, 0.3) is 94.0 Å². The van der Waals surface area contributed by atoms with Crippen molar-refractivity contribution < 1.29 is 8.83 Å². The molecule has 0 radical (unpaired) electrons. The van der Waals surface area contributed by atoms with Gasteiger partial charge in [0.05, 0.1) is 5.52 Å². The Morgan fingerprint density at radius 1 is 0.362 bits per heavy atom. The van der Waals surface area contributed by atoms with E-state index in [1.165, 1.54) is 11.1 Å². The standard InChI is InChI=1S/C44H27NO2/c1-3-11-28(12-4-1)30-21-23-40-37(26-30)35-19-10-18-34(43(35)46-40)32-14-9-13-29(25-32)31-22-24-41-38(27-31)42-44(47-41)36-17-7-8-20-39(36)45(42)33-15-5-2-6-16-33/h1-27H. The van der Waals surface area contributed by atoms with Crippen LogP contribution in [-0.2, 0) is 0 Å². The lowest BCUT2D eigenvalue weighted by molar-refractivity contribution is 0.670. The first-order valence-corrected chi connectivity index (χ1v) is 15.9. The molecule has 0 aliphatic carbocycles. The maximum Gasteiger partial charge on any atom is 0.161 e. The van der Waals surface area contributed by atoms with Crippen LogP contribution in [0.1, 0.15) is 0 Å². The SMILES string of the molecule is c1ccc(-c2ccc3oc4c(-c5cccc(-c6ccc7oc8c9ccccc9n(-c9ccccc9)c8c7c6)c5)cccc4c3c2)cc1. The second-order valence-electron chi connectivity index (χ2n) is 12.1. The third-order valence-electron chi connectivity index (χ3n) is 9.40. The molecule has 10 rings (SSSR count). The topological polar surface area (TPSA) is 31.2 Å². The number of rotatable bonds is 4. The fourth-order valence-corrected chi connectivity index (χ4v) is 7.20. The highest BCUT2D eigenvalue weighted by molar-refractivity contribution is 6.17. The second-order valence-corrected chi connectivity index (χ2v) is 12.1. The predicted octanol–water partition coefficient (Wildman–Crippen LogP) is 12.4. The summed E-state index contributed by atoms with van der Waals surface area (Å²) < 4.78 is 15.4. The first kappa shape index (κ1) is 26.0. The van der Waals surface area contributed by atoms with Gasteiger partial charge in [-0.15, -0.1) is 0 Å². The minimum Gasteiger partial charge on any atom is -0.455 e. The average Bonchev–Trinajstić information content (AvgIpc) is 3.81. The van der Waals surface area contributed by atoms with E-state index in [1.807, 2.05) is 6.07 Å². The highest BCUT2D eigenvalue weighted by Gasteiger charge is 2.20. The van der Waals surface area contributed by atoms with Gasteiger partial charge in [0.25, 0.3) is 0 Å². The minimum atomic E-state index is 0.882. The van der Waals surface area contributed by atoms with Crippen LogP contribution in [-0.4, -0.2) is 4.57 Å². The molecular formula is C44H27NO2. The van der Waals surface area contributed by atoms with Crippen molar-refractivity contribution in [3.63, 3.8) is 0 Å². The van der Waals surface area contributed by atoms with Crippen LogP contribution in [0.2, 0.25) is 0 Å². The number of benzene rings is 7. The van der Waals surface area contributed by atoms with Crippen molar-refractivity contribution in [3.05, 3.63) is 164 Å². The van der Waals surface area contributed by atoms with E-state index in [1.54, 1.807) is 0 Å². The number of hydrogen-bond acceptors (Lipinski definition) is 2. The first-order chi connectivity index (χ1) is 23.3. The van der Waals surface area contributed by atoms with Crippen molar-refractivity contribution in [3.8, 4) is 39.1 Å². The zero-order valence-electron chi connectivity index (χ0n) is 25.4. The lowest BCUT2D eigenvalue weighted by atomic mass is 9.96. The number of fused-ring (bicyclic) bond motifs is 8. The summed E-state index contributed by atoms with van der Waals surface area (Å²) in [7, 11) is 0. The van der Waals surface area contributed by atoms with E-state index >= 15 is 0 Å². The molecule has 47 heavy (non-hydrogen) atoms. The second kappa shape index (κ2) is 10.1. The summed E-state index contributed by atoms with van der Waals surface area (Å²) >= 11 is 0. The highest BCUT2D eigenvalue weighted by Crippen LogP contribution is 2.42. The molecule has 7 aromatic carbocycles. The summed E-state index contributed by atoms with van der Waals surface area (Å²) in [5.74, 6) is 0. The van der Waals surface area contributed by atoms with Crippen LogP contribution in [0.5, 0.6) is 0 Å². The number of aromatic nitrogens is 1. The fraction of sp³-hybridized carbons (Fsp3) is 0. The zero-order chi connectivity index (χ0) is 30.9. The van der Waals surface area contributed by atoms with E-state index in [0.29, 0.717) is 0 Å². The summed E-state index contributed by atoms with van der Waals surface area (Å²) in [5.41, 5.74) is 13.8. The van der Waals surface area contributed by atoms with Crippen molar-refractivity contribution in [2.75, 3.05) is 0 Å². The van der Waals surface area contributed by atoms with Crippen molar-refractivity contribution in [1.82, 2.24) is 4.57 Å². The molecule has 0 spiro atoms. The van der Waals surface area contributed by atoms with E-state index in [9.17, 15) is 0 Å². The summed E-state index contributed by atoms with van der Waals surface area (Å²) in [6, 6.07) is 57.7. The van der Waals surface area contributed by atoms with Crippen molar-refractivity contribution in [2.45, 2.75) is 0 Å². The number of furan rings is 2. The van der Waals surface area contributed by atoms with E-state index in [0.717, 1.165) is 82.9 Å². The highest BCUT2D eigenvalue weighted by atomic mass is 16.3. The molecule has 3 heterocycles. The Labute approximate surface area is 270 Å². The van der Waals surface area contributed by atoms with Gasteiger partial charge in [-0.3, -0.25) is 0 Å². The molecule has 0 unspecified atom stereocenters. The molecule has 0 saturated carbocycles. The minimum absolute atomic E-state index is 0.882. The smallest absolute Gasteiger partial charge is 0.161 e. The molecule has 0 amide bonds. The summed E-state index contributed by atoms with van der Waals surface area (Å²) in [6.45, 7) is 0. The monoisotopic (exact) mass is 601 g/mol. The van der Waals surface area contributed by atoms with Crippen LogP contribution >= 0.6 is 0 Å². The van der Waals surface area contributed by atoms with Gasteiger partial charge in [-0.2, -0.15) is 0 Å². The average molecular weight is 602 g/mol. The molecule has 0 aliphatic heterocycles. The van der Waals surface area contributed by atoms with Gasteiger partial charge in [-0.05, 0) is 82.4 Å². The fourth-order valence-electron chi connectivity index (χ4n) is 7.20. The van der Waals surface area contributed by atoms with Gasteiger partial charge in [0.2, 0.25) is 0 Å². The van der Waals surface area contributed by atoms with Gasteiger partial charge in [-0.1, -0.05) is 109 Å². The van der Waals surface area contributed by atoms with Crippen LogP contribution in [0.4, 0.5) is 0 Å². The molecule has 0 aliphatic rings. The van der Waals surface area contributed by atoms with Crippen molar-refractivity contribution in [1.29, 1.82) is 0 Å². The van der Waals surface area contributed by atoms with Crippen LogP contribution in [0.15, 0.2) is 173 Å². The van der Waals surface area contributed by atoms with E-state index < -0.39 is 0 Å². The van der Waals surface area contributed by atoms with E-state index in [2.05, 4.69) is 162 Å². The molecule has 220 valence electrons. The van der Waals surface area contributed by atoms with Gasteiger partial charge < -0.3 is 13.4 Å². The molecule has 3 heteroatoms. The van der Waals surface area contributed by atoms with E-state index in [-0.39, 0.29) is 0 Å². The Bertz CT molecular complexity index is 2780. The van der Waals surface area contributed by atoms with Gasteiger partial charge in [0, 0.05) is 32.8 Å². The quantitative estimate of drug-likeness (QED) is 0.201. The van der Waals surface area contributed by atoms with Crippen molar-refractivity contribution >= 4 is 54.9 Å². The van der Waals surface area contributed by atoms with Gasteiger partial charge in [0.15, 0.2) is 5.58 Å². The molecule has 0 atom stereocenters. The van der Waals surface area contributed by atoms with Crippen LogP contribution in [0.3, 0.4) is 0 Å². The van der Waals surface area contributed by atoms with Crippen LogP contribution < -0.4 is 0 Å². The number of hydrogen-bond donors (Lipinski definition) is 0. The van der Waals surface area contributed by atoms with Crippen molar-refractivity contribution in [2.24, 2.45) is 0 Å². The molecule has 0 bridgehead atoms. The zero-order valence-corrected chi connectivity index (χ0v) is 25.4. The lowest BCUT2D eigenvalue weighted by Gasteiger charge is -2.09. The Balaban J connectivity index is 1.12. The Morgan fingerprint density at radius 3 is 1.81 bits per heavy atom. The first-order valence-electron chi connectivity index (χ1n) is 15.9. The summed E-state index contributed by atoms with van der Waals surface area (Å²) in [6.07, 6.45) is 0. The van der Waals surface area contributed by atoms with Gasteiger partial charge in [0.1, 0.15) is 22.3 Å².